The number of ether oxygens (including phenoxy) is 1. The molecular weight excluding hydrogens is 536 g/mol. The molecule has 220 valence electrons. The van der Waals surface area contributed by atoms with Crippen molar-refractivity contribution in [3.63, 3.8) is 0 Å². The van der Waals surface area contributed by atoms with Gasteiger partial charge < -0.3 is 24.5 Å². The van der Waals surface area contributed by atoms with Gasteiger partial charge in [-0.15, -0.1) is 0 Å². The topological polar surface area (TPSA) is 111 Å². The molecule has 3 aromatic rings. The minimum absolute atomic E-state index is 0.0887. The van der Waals surface area contributed by atoms with Crippen molar-refractivity contribution in [1.82, 2.24) is 19.6 Å². The number of β-amino-alcohol motifs (C(OH)–C–C–N with tert-alkyl or cyclic N) is 1. The van der Waals surface area contributed by atoms with E-state index in [1.165, 1.54) is 0 Å². The third-order valence-electron chi connectivity index (χ3n) is 8.41. The number of hydrogen-bond donors (Lipinski definition) is 1. The maximum atomic E-state index is 14.1. The second-order valence-corrected chi connectivity index (χ2v) is 10.9. The lowest BCUT2D eigenvalue weighted by Gasteiger charge is -2.34. The highest BCUT2D eigenvalue weighted by atomic mass is 16.5. The van der Waals surface area contributed by atoms with E-state index in [2.05, 4.69) is 4.90 Å². The Kier molecular flexibility index (Phi) is 7.94. The highest BCUT2D eigenvalue weighted by Gasteiger charge is 2.37. The first-order valence-corrected chi connectivity index (χ1v) is 14.6. The molecule has 3 aliphatic heterocycles. The number of aliphatic hydroxyl groups excluding tert-OH is 1. The van der Waals surface area contributed by atoms with Crippen LogP contribution in [0.2, 0.25) is 0 Å². The minimum atomic E-state index is -0.229. The predicted molar refractivity (Wildman–Crippen MR) is 158 cm³/mol. The lowest BCUT2D eigenvalue weighted by Crippen LogP contribution is -2.49. The maximum absolute atomic E-state index is 14.1. The molecule has 1 aromatic heterocycles. The van der Waals surface area contributed by atoms with Crippen LogP contribution < -0.4 is 14.5 Å². The van der Waals surface area contributed by atoms with Crippen molar-refractivity contribution in [3.8, 4) is 11.4 Å². The molecule has 0 spiro atoms. The van der Waals surface area contributed by atoms with Gasteiger partial charge in [-0.05, 0) is 67.8 Å². The van der Waals surface area contributed by atoms with Crippen molar-refractivity contribution in [2.45, 2.75) is 25.7 Å². The Hall–Kier alpha value is -4.22. The lowest BCUT2D eigenvalue weighted by molar-refractivity contribution is -0.119. The summed E-state index contributed by atoms with van der Waals surface area (Å²) in [6.07, 6.45) is 2.94. The highest BCUT2D eigenvalue weighted by Crippen LogP contribution is 2.31. The second-order valence-electron chi connectivity index (χ2n) is 10.9. The number of benzene rings is 2. The van der Waals surface area contributed by atoms with E-state index in [4.69, 9.17) is 9.84 Å². The van der Waals surface area contributed by atoms with Gasteiger partial charge in [-0.1, -0.05) is 0 Å². The SMILES string of the molecule is COc1ccc(-n2nc(C(=O)N3CCN(CCO)CC3)c3c2C(=O)N(c2ccc(N4CCCCC4=O)cc2)CC3)cc1. The van der Waals surface area contributed by atoms with Crippen molar-refractivity contribution < 1.29 is 24.2 Å². The summed E-state index contributed by atoms with van der Waals surface area (Å²) < 4.78 is 6.90. The number of aliphatic hydroxyl groups is 1. The highest BCUT2D eigenvalue weighted by molar-refractivity contribution is 6.10. The van der Waals surface area contributed by atoms with Crippen LogP contribution in [0.25, 0.3) is 5.69 Å². The van der Waals surface area contributed by atoms with Crippen LogP contribution in [0.1, 0.15) is 45.8 Å². The number of amides is 3. The van der Waals surface area contributed by atoms with Gasteiger partial charge in [0.15, 0.2) is 5.69 Å². The smallest absolute Gasteiger partial charge is 0.277 e. The molecule has 1 N–H and O–H groups in total. The number of hydrogen-bond acceptors (Lipinski definition) is 7. The predicted octanol–water partition coefficient (Wildman–Crippen LogP) is 2.35. The largest absolute Gasteiger partial charge is 0.497 e. The summed E-state index contributed by atoms with van der Waals surface area (Å²) in [7, 11) is 1.59. The van der Waals surface area contributed by atoms with Gasteiger partial charge in [-0.25, -0.2) is 4.68 Å². The zero-order valence-corrected chi connectivity index (χ0v) is 23.9. The Morgan fingerprint density at radius 3 is 2.14 bits per heavy atom. The molecule has 3 amide bonds. The zero-order chi connectivity index (χ0) is 29.2. The molecule has 6 rings (SSSR count). The normalized spacial score (nSPS) is 17.9. The van der Waals surface area contributed by atoms with Crippen LogP contribution in [-0.4, -0.2) is 102 Å². The van der Waals surface area contributed by atoms with Gasteiger partial charge in [0, 0.05) is 69.2 Å². The number of carbonyl (C=O) groups excluding carboxylic acids is 3. The summed E-state index contributed by atoms with van der Waals surface area (Å²) in [4.78, 5) is 47.7. The number of piperazine rings is 1. The summed E-state index contributed by atoms with van der Waals surface area (Å²) in [6.45, 7) is 4.22. The first-order chi connectivity index (χ1) is 20.5. The Labute approximate surface area is 244 Å². The molecule has 11 heteroatoms. The van der Waals surface area contributed by atoms with Crippen molar-refractivity contribution >= 4 is 29.1 Å². The quantitative estimate of drug-likeness (QED) is 0.463. The molecule has 4 heterocycles. The lowest BCUT2D eigenvalue weighted by atomic mass is 10.0. The van der Waals surface area contributed by atoms with Crippen LogP contribution in [0.5, 0.6) is 5.75 Å². The fourth-order valence-corrected chi connectivity index (χ4v) is 6.05. The monoisotopic (exact) mass is 572 g/mol. The van der Waals surface area contributed by atoms with E-state index in [-0.39, 0.29) is 24.3 Å². The van der Waals surface area contributed by atoms with Gasteiger partial charge in [0.1, 0.15) is 11.4 Å². The van der Waals surface area contributed by atoms with Crippen molar-refractivity contribution in [2.75, 3.05) is 69.3 Å². The Bertz CT molecular complexity index is 1460. The molecule has 42 heavy (non-hydrogen) atoms. The standard InChI is InChI=1S/C31H36N6O5/c1-42-25-11-9-24(10-12-25)37-29-26(28(32-37)30(40)34-18-16-33(17-19-34)20-21-38)13-15-36(31(29)41)23-7-5-22(6-8-23)35-14-3-2-4-27(35)39/h5-12,38H,2-4,13-21H2,1H3. The zero-order valence-electron chi connectivity index (χ0n) is 23.9. The average molecular weight is 573 g/mol. The summed E-state index contributed by atoms with van der Waals surface area (Å²) in [5.41, 5.74) is 3.57. The van der Waals surface area contributed by atoms with E-state index in [0.29, 0.717) is 87.0 Å². The van der Waals surface area contributed by atoms with Crippen LogP contribution in [0.15, 0.2) is 48.5 Å². The average Bonchev–Trinajstić information content (AvgIpc) is 3.42. The van der Waals surface area contributed by atoms with E-state index >= 15 is 0 Å². The fourth-order valence-electron chi connectivity index (χ4n) is 6.05. The number of piperidine rings is 1. The molecule has 2 fully saturated rings. The Morgan fingerprint density at radius 2 is 1.50 bits per heavy atom. The van der Waals surface area contributed by atoms with Crippen LogP contribution >= 0.6 is 0 Å². The summed E-state index contributed by atoms with van der Waals surface area (Å²) in [5, 5.41) is 14.0. The van der Waals surface area contributed by atoms with E-state index in [9.17, 15) is 19.5 Å². The second kappa shape index (κ2) is 11.9. The first kappa shape index (κ1) is 27.9. The maximum Gasteiger partial charge on any atom is 0.277 e. The molecule has 0 unspecified atom stereocenters. The van der Waals surface area contributed by atoms with Crippen LogP contribution in [-0.2, 0) is 11.2 Å². The number of rotatable bonds is 7. The third kappa shape index (κ3) is 5.25. The van der Waals surface area contributed by atoms with Crippen molar-refractivity contribution in [3.05, 3.63) is 65.5 Å². The molecule has 0 bridgehead atoms. The molecule has 3 aliphatic rings. The minimum Gasteiger partial charge on any atom is -0.497 e. The van der Waals surface area contributed by atoms with Crippen LogP contribution in [0.3, 0.4) is 0 Å². The summed E-state index contributed by atoms with van der Waals surface area (Å²) in [6, 6.07) is 14.8. The van der Waals surface area contributed by atoms with Gasteiger partial charge in [-0.2, -0.15) is 5.10 Å². The number of carbonyl (C=O) groups is 3. The Balaban J connectivity index is 1.31. The number of nitrogens with zero attached hydrogens (tertiary/aromatic N) is 6. The molecule has 11 nitrogen and oxygen atoms in total. The molecule has 0 aliphatic carbocycles. The summed E-state index contributed by atoms with van der Waals surface area (Å²) in [5.74, 6) is 0.396. The van der Waals surface area contributed by atoms with Crippen molar-refractivity contribution in [1.29, 1.82) is 0 Å². The van der Waals surface area contributed by atoms with Gasteiger partial charge in [0.25, 0.3) is 11.8 Å². The number of anilines is 2. The summed E-state index contributed by atoms with van der Waals surface area (Å²) >= 11 is 0. The molecule has 0 atom stereocenters. The van der Waals surface area contributed by atoms with Gasteiger partial charge in [0.2, 0.25) is 5.91 Å². The molecular formula is C31H36N6O5. The fraction of sp³-hybridized carbons (Fsp3) is 0.419. The van der Waals surface area contributed by atoms with E-state index in [1.54, 1.807) is 33.7 Å². The van der Waals surface area contributed by atoms with E-state index in [0.717, 1.165) is 24.2 Å². The van der Waals surface area contributed by atoms with E-state index < -0.39 is 0 Å². The Morgan fingerprint density at radius 1 is 0.833 bits per heavy atom. The van der Waals surface area contributed by atoms with Gasteiger partial charge in [-0.3, -0.25) is 19.3 Å². The van der Waals surface area contributed by atoms with Crippen LogP contribution in [0.4, 0.5) is 11.4 Å². The third-order valence-corrected chi connectivity index (χ3v) is 8.41. The molecule has 0 saturated carbocycles. The van der Waals surface area contributed by atoms with Crippen molar-refractivity contribution in [2.24, 2.45) is 0 Å². The van der Waals surface area contributed by atoms with Crippen LogP contribution in [0, 0.1) is 0 Å². The molecule has 2 saturated heterocycles. The molecule has 2 aromatic carbocycles. The number of aromatic nitrogens is 2. The molecule has 0 radical (unpaired) electrons. The first-order valence-electron chi connectivity index (χ1n) is 14.6. The number of methoxy groups -OCH3 is 1. The number of fused-ring (bicyclic) bond motifs is 1. The van der Waals surface area contributed by atoms with Gasteiger partial charge >= 0.3 is 0 Å². The van der Waals surface area contributed by atoms with E-state index in [1.807, 2.05) is 41.3 Å². The van der Waals surface area contributed by atoms with Gasteiger partial charge in [0.05, 0.1) is 19.4 Å².